The molecule has 0 radical (unpaired) electrons. The van der Waals surface area contributed by atoms with Gasteiger partial charge in [-0.1, -0.05) is 6.92 Å². The minimum atomic E-state index is -0.522. The zero-order valence-electron chi connectivity index (χ0n) is 11.8. The Hall–Kier alpha value is -1.69. The third-order valence-electron chi connectivity index (χ3n) is 3.71. The molecule has 0 unspecified atom stereocenters. The summed E-state index contributed by atoms with van der Waals surface area (Å²) < 4.78 is 18.6. The molecule has 110 valence electrons. The number of ether oxygens (including phenoxy) is 1. The highest BCUT2D eigenvalue weighted by atomic mass is 19.1. The molecule has 1 aromatic heterocycles. The van der Waals surface area contributed by atoms with Gasteiger partial charge in [0.2, 0.25) is 0 Å². The number of hydrogen-bond acceptors (Lipinski definition) is 4. The lowest BCUT2D eigenvalue weighted by molar-refractivity contribution is 0.0238. The van der Waals surface area contributed by atoms with Crippen LogP contribution in [-0.4, -0.2) is 37.7 Å². The number of carbonyl (C=O) groups is 1. The number of anilines is 1. The van der Waals surface area contributed by atoms with E-state index in [4.69, 9.17) is 4.74 Å². The average molecular weight is 281 g/mol. The van der Waals surface area contributed by atoms with E-state index >= 15 is 0 Å². The van der Waals surface area contributed by atoms with Crippen LogP contribution in [0.1, 0.15) is 30.1 Å². The summed E-state index contributed by atoms with van der Waals surface area (Å²) >= 11 is 0. The number of aromatic nitrogens is 1. The van der Waals surface area contributed by atoms with Crippen LogP contribution in [0.3, 0.4) is 0 Å². The summed E-state index contributed by atoms with van der Waals surface area (Å²) in [6, 6.07) is 1.19. The number of nitrogens with zero attached hydrogens (tertiary/aromatic N) is 1. The normalized spacial score (nSPS) is 17.6. The van der Waals surface area contributed by atoms with Crippen LogP contribution >= 0.6 is 0 Å². The molecule has 1 aliphatic heterocycles. The average Bonchev–Trinajstić information content (AvgIpc) is 2.45. The van der Waals surface area contributed by atoms with Gasteiger partial charge in [0.15, 0.2) is 0 Å². The summed E-state index contributed by atoms with van der Waals surface area (Å²) in [5.74, 6) is -0.457. The van der Waals surface area contributed by atoms with Crippen LogP contribution < -0.4 is 10.6 Å². The predicted octanol–water partition coefficient (Wildman–Crippen LogP) is 1.81. The number of rotatable bonds is 4. The quantitative estimate of drug-likeness (QED) is 0.883. The van der Waals surface area contributed by atoms with Gasteiger partial charge in [-0.2, -0.15) is 0 Å². The first kappa shape index (κ1) is 14.7. The number of nitrogens with one attached hydrogen (secondary N) is 2. The van der Waals surface area contributed by atoms with E-state index in [2.05, 4.69) is 22.5 Å². The maximum atomic E-state index is 13.2. The second-order valence-corrected chi connectivity index (χ2v) is 5.41. The van der Waals surface area contributed by atoms with Crippen molar-refractivity contribution < 1.29 is 13.9 Å². The summed E-state index contributed by atoms with van der Waals surface area (Å²) in [6.07, 6.45) is 2.91. The third kappa shape index (κ3) is 3.45. The van der Waals surface area contributed by atoms with Crippen molar-refractivity contribution in [3.05, 3.63) is 23.6 Å². The molecule has 0 spiro atoms. The van der Waals surface area contributed by atoms with E-state index in [9.17, 15) is 9.18 Å². The van der Waals surface area contributed by atoms with E-state index in [0.717, 1.165) is 32.3 Å². The first-order valence-electron chi connectivity index (χ1n) is 6.73. The molecule has 0 bridgehead atoms. The van der Waals surface area contributed by atoms with Crippen LogP contribution in [0.5, 0.6) is 0 Å². The largest absolute Gasteiger partial charge is 0.381 e. The van der Waals surface area contributed by atoms with Crippen molar-refractivity contribution in [2.24, 2.45) is 5.41 Å². The summed E-state index contributed by atoms with van der Waals surface area (Å²) in [5.41, 5.74) is 0.261. The Balaban J connectivity index is 2.03. The standard InChI is InChI=1S/C14H20FN3O2/c1-14(3-5-20-6-4-14)9-18-13(19)11-7-10(15)8-17-12(11)16-2/h7-8H,3-6,9H2,1-2H3,(H,16,17)(H,18,19). The van der Waals surface area contributed by atoms with E-state index in [1.807, 2.05) is 0 Å². The Morgan fingerprint density at radius 2 is 2.20 bits per heavy atom. The maximum Gasteiger partial charge on any atom is 0.255 e. The van der Waals surface area contributed by atoms with E-state index in [1.54, 1.807) is 7.05 Å². The molecule has 2 N–H and O–H groups in total. The van der Waals surface area contributed by atoms with Crippen molar-refractivity contribution >= 4 is 11.7 Å². The number of amides is 1. The van der Waals surface area contributed by atoms with Gasteiger partial charge >= 0.3 is 0 Å². The molecule has 1 aliphatic rings. The van der Waals surface area contributed by atoms with Crippen molar-refractivity contribution in [3.8, 4) is 0 Å². The van der Waals surface area contributed by atoms with Gasteiger partial charge in [0.05, 0.1) is 11.8 Å². The number of hydrogen-bond donors (Lipinski definition) is 2. The van der Waals surface area contributed by atoms with Gasteiger partial charge in [-0.25, -0.2) is 9.37 Å². The summed E-state index contributed by atoms with van der Waals surface area (Å²) in [5, 5.41) is 5.66. The van der Waals surface area contributed by atoms with E-state index in [0.29, 0.717) is 12.4 Å². The van der Waals surface area contributed by atoms with Gasteiger partial charge < -0.3 is 15.4 Å². The summed E-state index contributed by atoms with van der Waals surface area (Å²) in [4.78, 5) is 16.0. The molecule has 0 saturated carbocycles. The molecule has 6 heteroatoms. The fourth-order valence-corrected chi connectivity index (χ4v) is 2.24. The zero-order valence-corrected chi connectivity index (χ0v) is 11.8. The third-order valence-corrected chi connectivity index (χ3v) is 3.71. The highest BCUT2D eigenvalue weighted by molar-refractivity contribution is 5.98. The van der Waals surface area contributed by atoms with Gasteiger partial charge in [0.1, 0.15) is 11.6 Å². The van der Waals surface area contributed by atoms with Crippen LogP contribution in [0.25, 0.3) is 0 Å². The monoisotopic (exact) mass is 281 g/mol. The predicted molar refractivity (Wildman–Crippen MR) is 74.2 cm³/mol. The van der Waals surface area contributed by atoms with Gasteiger partial charge in [-0.3, -0.25) is 4.79 Å². The zero-order chi connectivity index (χ0) is 14.6. The first-order valence-corrected chi connectivity index (χ1v) is 6.73. The number of halogens is 1. The molecule has 2 rings (SSSR count). The van der Waals surface area contributed by atoms with Crippen molar-refractivity contribution in [1.29, 1.82) is 0 Å². The molecule has 0 aromatic carbocycles. The SMILES string of the molecule is CNc1ncc(F)cc1C(=O)NCC1(C)CCOCC1. The molecule has 0 atom stereocenters. The van der Waals surface area contributed by atoms with Crippen LogP contribution in [0.2, 0.25) is 0 Å². The molecule has 1 saturated heterocycles. The van der Waals surface area contributed by atoms with E-state index in [-0.39, 0.29) is 16.9 Å². The minimum Gasteiger partial charge on any atom is -0.381 e. The van der Waals surface area contributed by atoms with Crippen LogP contribution in [0.4, 0.5) is 10.2 Å². The second kappa shape index (κ2) is 6.17. The Bertz CT molecular complexity index is 487. The summed E-state index contributed by atoms with van der Waals surface area (Å²) in [7, 11) is 1.65. The molecular weight excluding hydrogens is 261 g/mol. The van der Waals surface area contributed by atoms with Crippen molar-refractivity contribution in [2.75, 3.05) is 32.1 Å². The van der Waals surface area contributed by atoms with Gasteiger partial charge in [-0.05, 0) is 24.3 Å². The second-order valence-electron chi connectivity index (χ2n) is 5.41. The molecule has 2 heterocycles. The molecule has 1 amide bonds. The molecular formula is C14H20FN3O2. The topological polar surface area (TPSA) is 63.2 Å². The van der Waals surface area contributed by atoms with Gasteiger partial charge in [0, 0.05) is 26.8 Å². The Labute approximate surface area is 117 Å². The lowest BCUT2D eigenvalue weighted by Gasteiger charge is -2.33. The van der Waals surface area contributed by atoms with Crippen molar-refractivity contribution in [1.82, 2.24) is 10.3 Å². The molecule has 20 heavy (non-hydrogen) atoms. The first-order chi connectivity index (χ1) is 9.54. The Morgan fingerprint density at radius 1 is 1.50 bits per heavy atom. The smallest absolute Gasteiger partial charge is 0.255 e. The van der Waals surface area contributed by atoms with E-state index < -0.39 is 5.82 Å². The van der Waals surface area contributed by atoms with Crippen LogP contribution in [0, 0.1) is 11.2 Å². The lowest BCUT2D eigenvalue weighted by atomic mass is 9.82. The maximum absolute atomic E-state index is 13.2. The number of pyridine rings is 1. The Kier molecular flexibility index (Phi) is 4.54. The highest BCUT2D eigenvalue weighted by Gasteiger charge is 2.28. The fourth-order valence-electron chi connectivity index (χ4n) is 2.24. The highest BCUT2D eigenvalue weighted by Crippen LogP contribution is 2.28. The lowest BCUT2D eigenvalue weighted by Crippen LogP contribution is -2.39. The molecule has 0 aliphatic carbocycles. The van der Waals surface area contributed by atoms with E-state index in [1.165, 1.54) is 6.07 Å². The molecule has 1 aromatic rings. The van der Waals surface area contributed by atoms with Gasteiger partial charge in [0.25, 0.3) is 5.91 Å². The van der Waals surface area contributed by atoms with Gasteiger partial charge in [-0.15, -0.1) is 0 Å². The Morgan fingerprint density at radius 3 is 2.85 bits per heavy atom. The van der Waals surface area contributed by atoms with Crippen molar-refractivity contribution in [2.45, 2.75) is 19.8 Å². The number of carbonyl (C=O) groups excluding carboxylic acids is 1. The van der Waals surface area contributed by atoms with Crippen LogP contribution in [0.15, 0.2) is 12.3 Å². The van der Waals surface area contributed by atoms with Crippen LogP contribution in [-0.2, 0) is 4.74 Å². The fraction of sp³-hybridized carbons (Fsp3) is 0.571. The summed E-state index contributed by atoms with van der Waals surface area (Å²) in [6.45, 7) is 4.11. The van der Waals surface area contributed by atoms with Crippen molar-refractivity contribution in [3.63, 3.8) is 0 Å². The molecule has 5 nitrogen and oxygen atoms in total. The molecule has 1 fully saturated rings. The minimum absolute atomic E-state index is 0.0362.